The first-order valence-corrected chi connectivity index (χ1v) is 10.8. The Labute approximate surface area is 163 Å². The molecule has 0 spiro atoms. The van der Waals surface area contributed by atoms with E-state index >= 15 is 0 Å². The molecule has 2 aromatic carbocycles. The highest BCUT2D eigenvalue weighted by Crippen LogP contribution is 2.24. The van der Waals surface area contributed by atoms with Crippen LogP contribution in [0.4, 0.5) is 4.79 Å². The number of nitrogens with zero attached hydrogens (tertiary/aromatic N) is 1. The number of nitrogens with one attached hydrogen (secondary N) is 1. The number of benzene rings is 2. The predicted molar refractivity (Wildman–Crippen MR) is 105 cm³/mol. The van der Waals surface area contributed by atoms with Crippen LogP contribution in [0.3, 0.4) is 0 Å². The number of carbonyl (C=O) groups is 2. The average Bonchev–Trinajstić information content (AvgIpc) is 2.98. The van der Waals surface area contributed by atoms with Crippen LogP contribution in [0.2, 0.25) is 0 Å². The van der Waals surface area contributed by atoms with E-state index in [1.54, 1.807) is 31.3 Å². The number of carbonyl (C=O) groups excluding carboxylic acids is 2. The van der Waals surface area contributed by atoms with Crippen molar-refractivity contribution < 1.29 is 18.0 Å². The summed E-state index contributed by atoms with van der Waals surface area (Å²) in [5.41, 5.74) is 1.89. The number of hydrogen-bond donors (Lipinski definition) is 1. The minimum Gasteiger partial charge on any atom is -0.286 e. The molecule has 1 aliphatic heterocycles. The van der Waals surface area contributed by atoms with Crippen LogP contribution in [0.1, 0.15) is 11.1 Å². The van der Waals surface area contributed by atoms with Gasteiger partial charge in [0.1, 0.15) is 0 Å². The van der Waals surface area contributed by atoms with Gasteiger partial charge in [0.2, 0.25) is 15.9 Å². The van der Waals surface area contributed by atoms with E-state index in [4.69, 9.17) is 0 Å². The van der Waals surface area contributed by atoms with Crippen LogP contribution in [0.15, 0.2) is 59.5 Å². The van der Waals surface area contributed by atoms with Crippen molar-refractivity contribution in [3.8, 4) is 0 Å². The molecule has 2 aromatic rings. The molecule has 142 valence electrons. The Hall–Kier alpha value is -2.16. The second kappa shape index (κ2) is 8.24. The number of sulfonamides is 1. The molecule has 1 N–H and O–H groups in total. The zero-order valence-corrected chi connectivity index (χ0v) is 16.4. The molecule has 0 radical (unpaired) electrons. The van der Waals surface area contributed by atoms with Gasteiger partial charge in [-0.1, -0.05) is 54.2 Å². The Balaban J connectivity index is 1.64. The highest BCUT2D eigenvalue weighted by molar-refractivity contribution is 8.15. The number of rotatable bonds is 7. The summed E-state index contributed by atoms with van der Waals surface area (Å²) in [5.74, 6) is -0.303. The summed E-state index contributed by atoms with van der Waals surface area (Å²) < 4.78 is 26.8. The Morgan fingerprint density at radius 2 is 1.67 bits per heavy atom. The fourth-order valence-corrected chi connectivity index (χ4v) is 4.80. The van der Waals surface area contributed by atoms with Gasteiger partial charge in [-0.25, -0.2) is 12.7 Å². The van der Waals surface area contributed by atoms with E-state index in [-0.39, 0.29) is 16.0 Å². The molecule has 0 aromatic heterocycles. The number of likely N-dealkylation sites (N-methyl/N-ethyl adjacent to an activating group) is 1. The van der Waals surface area contributed by atoms with E-state index in [0.717, 1.165) is 22.9 Å². The van der Waals surface area contributed by atoms with Crippen molar-refractivity contribution >= 4 is 32.9 Å². The number of imide groups is 1. The largest absolute Gasteiger partial charge is 0.286 e. The molecule has 1 unspecified atom stereocenters. The molecule has 0 aliphatic carbocycles. The Kier molecular flexibility index (Phi) is 5.98. The monoisotopic (exact) mass is 404 g/mol. The van der Waals surface area contributed by atoms with Crippen LogP contribution >= 0.6 is 11.8 Å². The van der Waals surface area contributed by atoms with Crippen molar-refractivity contribution in [2.24, 2.45) is 0 Å². The summed E-state index contributed by atoms with van der Waals surface area (Å²) in [6.07, 6.45) is 1.02. The first kappa shape index (κ1) is 19.6. The third kappa shape index (κ3) is 4.77. The SMILES string of the molecule is CN(CCc1ccccc1)S(=O)(=O)c1ccc(CC2SC(=O)NC2=O)cc1. The summed E-state index contributed by atoms with van der Waals surface area (Å²) in [5, 5.41) is 1.44. The molecular weight excluding hydrogens is 384 g/mol. The van der Waals surface area contributed by atoms with Crippen molar-refractivity contribution in [3.05, 3.63) is 65.7 Å². The van der Waals surface area contributed by atoms with Gasteiger partial charge >= 0.3 is 0 Å². The van der Waals surface area contributed by atoms with Gasteiger partial charge in [-0.3, -0.25) is 14.9 Å². The molecule has 0 bridgehead atoms. The Morgan fingerprint density at radius 3 is 2.26 bits per heavy atom. The van der Waals surface area contributed by atoms with Crippen molar-refractivity contribution in [3.63, 3.8) is 0 Å². The second-order valence-corrected chi connectivity index (χ2v) is 9.51. The van der Waals surface area contributed by atoms with Crippen molar-refractivity contribution in [1.29, 1.82) is 0 Å². The number of hydrogen-bond acceptors (Lipinski definition) is 5. The van der Waals surface area contributed by atoms with Crippen molar-refractivity contribution in [2.75, 3.05) is 13.6 Å². The molecule has 1 aliphatic rings. The van der Waals surface area contributed by atoms with Gasteiger partial charge in [-0.15, -0.1) is 0 Å². The molecule has 2 amide bonds. The lowest BCUT2D eigenvalue weighted by molar-refractivity contribution is -0.118. The van der Waals surface area contributed by atoms with Gasteiger partial charge in [0.15, 0.2) is 0 Å². The smallest absolute Gasteiger partial charge is 0.286 e. The molecule has 1 heterocycles. The highest BCUT2D eigenvalue weighted by atomic mass is 32.2. The molecule has 3 rings (SSSR count). The van der Waals surface area contributed by atoms with Gasteiger partial charge in [0.25, 0.3) is 5.24 Å². The first-order valence-electron chi connectivity index (χ1n) is 8.47. The Bertz CT molecular complexity index is 928. The zero-order valence-electron chi connectivity index (χ0n) is 14.8. The summed E-state index contributed by atoms with van der Waals surface area (Å²) in [7, 11) is -2.01. The predicted octanol–water partition coefficient (Wildman–Crippen LogP) is 2.44. The number of amides is 2. The molecular formula is C19H20N2O4S2. The van der Waals surface area contributed by atoms with Crippen LogP contribution in [0.5, 0.6) is 0 Å². The molecule has 0 saturated carbocycles. The van der Waals surface area contributed by atoms with Gasteiger partial charge < -0.3 is 0 Å². The van der Waals surface area contributed by atoms with Gasteiger partial charge in [0.05, 0.1) is 10.1 Å². The van der Waals surface area contributed by atoms with Gasteiger partial charge in [0, 0.05) is 13.6 Å². The first-order chi connectivity index (χ1) is 12.9. The zero-order chi connectivity index (χ0) is 19.4. The summed E-state index contributed by atoms with van der Waals surface area (Å²) in [4.78, 5) is 23.1. The van der Waals surface area contributed by atoms with E-state index in [0.29, 0.717) is 19.4 Å². The fourth-order valence-electron chi connectivity index (χ4n) is 2.77. The highest BCUT2D eigenvalue weighted by Gasteiger charge is 2.31. The lowest BCUT2D eigenvalue weighted by Crippen LogP contribution is -2.29. The maximum Gasteiger partial charge on any atom is 0.286 e. The molecule has 6 nitrogen and oxygen atoms in total. The summed E-state index contributed by atoms with van der Waals surface area (Å²) in [6.45, 7) is 0.384. The molecule has 1 saturated heterocycles. The normalized spacial score (nSPS) is 17.3. The molecule has 1 atom stereocenters. The molecule has 1 fully saturated rings. The molecule has 8 heteroatoms. The third-order valence-corrected chi connectivity index (χ3v) is 7.23. The summed E-state index contributed by atoms with van der Waals surface area (Å²) in [6, 6.07) is 16.2. The van der Waals surface area contributed by atoms with Crippen LogP contribution in [0, 0.1) is 0 Å². The van der Waals surface area contributed by atoms with Crippen molar-refractivity contribution in [2.45, 2.75) is 23.0 Å². The van der Waals surface area contributed by atoms with Crippen LogP contribution in [-0.4, -0.2) is 42.7 Å². The maximum atomic E-state index is 12.7. The average molecular weight is 405 g/mol. The second-order valence-electron chi connectivity index (χ2n) is 6.29. The standard InChI is InChI=1S/C19H20N2O4S2/c1-21(12-11-14-5-3-2-4-6-14)27(24,25)16-9-7-15(8-10-16)13-17-18(22)20-19(23)26-17/h2-10,17H,11-13H2,1H3,(H,20,22,23). The summed E-state index contributed by atoms with van der Waals surface area (Å²) >= 11 is 0.962. The van der Waals surface area contributed by atoms with E-state index < -0.39 is 15.3 Å². The maximum absolute atomic E-state index is 12.7. The fraction of sp³-hybridized carbons (Fsp3) is 0.263. The van der Waals surface area contributed by atoms with Gasteiger partial charge in [-0.2, -0.15) is 0 Å². The van der Waals surface area contributed by atoms with Gasteiger partial charge in [-0.05, 0) is 36.1 Å². The third-order valence-electron chi connectivity index (χ3n) is 4.38. The minimum absolute atomic E-state index is 0.210. The van der Waals surface area contributed by atoms with Crippen molar-refractivity contribution in [1.82, 2.24) is 9.62 Å². The van der Waals surface area contributed by atoms with Crippen LogP contribution in [0.25, 0.3) is 0 Å². The lowest BCUT2D eigenvalue weighted by atomic mass is 10.1. The lowest BCUT2D eigenvalue weighted by Gasteiger charge is -2.17. The minimum atomic E-state index is -3.58. The van der Waals surface area contributed by atoms with Crippen LogP contribution in [-0.2, 0) is 27.7 Å². The quantitative estimate of drug-likeness (QED) is 0.766. The topological polar surface area (TPSA) is 83.6 Å². The van der Waals surface area contributed by atoms with Crippen LogP contribution < -0.4 is 5.32 Å². The van der Waals surface area contributed by atoms with E-state index in [9.17, 15) is 18.0 Å². The van der Waals surface area contributed by atoms with E-state index in [1.807, 2.05) is 30.3 Å². The molecule has 27 heavy (non-hydrogen) atoms. The Morgan fingerprint density at radius 1 is 1.00 bits per heavy atom. The van der Waals surface area contributed by atoms with E-state index in [2.05, 4.69) is 5.32 Å². The van der Waals surface area contributed by atoms with E-state index in [1.165, 1.54) is 4.31 Å². The number of thioether (sulfide) groups is 1.